The maximum atomic E-state index is 12.3. The molecular weight excluding hydrogens is 347 g/mol. The van der Waals surface area contributed by atoms with Crippen molar-refractivity contribution in [3.63, 3.8) is 0 Å². The van der Waals surface area contributed by atoms with Gasteiger partial charge < -0.3 is 10.2 Å². The van der Waals surface area contributed by atoms with E-state index in [4.69, 9.17) is 0 Å². The molecule has 0 saturated carbocycles. The van der Waals surface area contributed by atoms with Crippen LogP contribution in [0.2, 0.25) is 0 Å². The van der Waals surface area contributed by atoms with Crippen molar-refractivity contribution < 1.29 is 13.2 Å². The highest BCUT2D eigenvalue weighted by Gasteiger charge is 2.27. The van der Waals surface area contributed by atoms with Gasteiger partial charge in [0.15, 0.2) is 9.99 Å². The van der Waals surface area contributed by atoms with Gasteiger partial charge in [-0.2, -0.15) is 13.2 Å². The number of fused-ring (bicyclic) bond motifs is 1. The summed E-state index contributed by atoms with van der Waals surface area (Å²) in [6.07, 6.45) is -1.52. The molecular formula is C13H18F3N5S2. The molecule has 1 N–H and O–H groups in total. The number of aromatic nitrogens is 3. The van der Waals surface area contributed by atoms with Gasteiger partial charge in [-0.15, -0.1) is 11.3 Å². The third-order valence-corrected chi connectivity index (χ3v) is 5.26. The van der Waals surface area contributed by atoms with Crippen molar-refractivity contribution in [3.05, 3.63) is 6.33 Å². The van der Waals surface area contributed by atoms with E-state index >= 15 is 0 Å². The fraction of sp³-hybridized carbons (Fsp3) is 0.615. The fourth-order valence-electron chi connectivity index (χ4n) is 1.99. The molecule has 2 rings (SSSR count). The number of rotatable bonds is 8. The standard InChI is InChI=1S/C13H18F3N5S2/c1-3-21(6-4-13(14,15)16)7-5-17-10-9-11(19-8-18-10)20-12(22-2)23-9/h8H,3-7H2,1-2H3,(H,17,18,19). The first-order chi connectivity index (χ1) is 10.9. The molecule has 2 aromatic rings. The molecule has 0 aliphatic carbocycles. The van der Waals surface area contributed by atoms with Crippen molar-refractivity contribution >= 4 is 39.3 Å². The summed E-state index contributed by atoms with van der Waals surface area (Å²) in [5.74, 6) is 0.680. The minimum Gasteiger partial charge on any atom is -0.367 e. The molecule has 2 aromatic heterocycles. The second kappa shape index (κ2) is 8.11. The van der Waals surface area contributed by atoms with Crippen LogP contribution >= 0.6 is 23.1 Å². The van der Waals surface area contributed by atoms with E-state index in [1.54, 1.807) is 16.7 Å². The van der Waals surface area contributed by atoms with Crippen LogP contribution in [0.25, 0.3) is 10.3 Å². The van der Waals surface area contributed by atoms with Crippen LogP contribution in [-0.2, 0) is 0 Å². The summed E-state index contributed by atoms with van der Waals surface area (Å²) in [6.45, 7) is 3.48. The number of thioether (sulfide) groups is 1. The molecule has 128 valence electrons. The van der Waals surface area contributed by atoms with E-state index in [-0.39, 0.29) is 6.54 Å². The summed E-state index contributed by atoms with van der Waals surface area (Å²) in [7, 11) is 0. The first kappa shape index (κ1) is 18.2. The van der Waals surface area contributed by atoms with Crippen LogP contribution in [0.3, 0.4) is 0 Å². The predicted octanol–water partition coefficient (Wildman–Crippen LogP) is 3.49. The van der Waals surface area contributed by atoms with Crippen LogP contribution in [0.1, 0.15) is 13.3 Å². The van der Waals surface area contributed by atoms with E-state index in [9.17, 15) is 13.2 Å². The largest absolute Gasteiger partial charge is 0.390 e. The highest BCUT2D eigenvalue weighted by Crippen LogP contribution is 2.30. The smallest absolute Gasteiger partial charge is 0.367 e. The molecule has 0 aromatic carbocycles. The maximum absolute atomic E-state index is 12.3. The minimum absolute atomic E-state index is 0.0119. The minimum atomic E-state index is -4.11. The molecule has 0 spiro atoms. The van der Waals surface area contributed by atoms with Crippen LogP contribution in [0.4, 0.5) is 19.0 Å². The van der Waals surface area contributed by atoms with Crippen molar-refractivity contribution in [1.29, 1.82) is 0 Å². The van der Waals surface area contributed by atoms with E-state index in [1.807, 2.05) is 13.2 Å². The van der Waals surface area contributed by atoms with Crippen molar-refractivity contribution in [3.8, 4) is 0 Å². The molecule has 0 unspecified atom stereocenters. The summed E-state index contributed by atoms with van der Waals surface area (Å²) < 4.78 is 38.6. The average molecular weight is 365 g/mol. The zero-order valence-electron chi connectivity index (χ0n) is 12.9. The predicted molar refractivity (Wildman–Crippen MR) is 88.3 cm³/mol. The second-order valence-corrected chi connectivity index (χ2v) is 6.84. The molecule has 0 atom stereocenters. The van der Waals surface area contributed by atoms with Crippen LogP contribution < -0.4 is 5.32 Å². The zero-order valence-corrected chi connectivity index (χ0v) is 14.5. The van der Waals surface area contributed by atoms with Crippen molar-refractivity contribution in [2.75, 3.05) is 37.8 Å². The molecule has 23 heavy (non-hydrogen) atoms. The number of hydrogen-bond donors (Lipinski definition) is 1. The van der Waals surface area contributed by atoms with Gasteiger partial charge in [0.1, 0.15) is 16.8 Å². The van der Waals surface area contributed by atoms with Crippen LogP contribution in [0.15, 0.2) is 10.7 Å². The van der Waals surface area contributed by atoms with Gasteiger partial charge in [-0.1, -0.05) is 18.7 Å². The molecule has 0 radical (unpaired) electrons. The van der Waals surface area contributed by atoms with Crippen molar-refractivity contribution in [2.24, 2.45) is 0 Å². The Labute approximate surface area is 140 Å². The van der Waals surface area contributed by atoms with Crippen LogP contribution in [0.5, 0.6) is 0 Å². The lowest BCUT2D eigenvalue weighted by Gasteiger charge is -2.21. The Morgan fingerprint density at radius 3 is 2.74 bits per heavy atom. The normalized spacial score (nSPS) is 12.3. The molecule has 5 nitrogen and oxygen atoms in total. The summed E-state index contributed by atoms with van der Waals surface area (Å²) in [5, 5.41) is 3.17. The van der Waals surface area contributed by atoms with E-state index in [2.05, 4.69) is 20.3 Å². The summed E-state index contributed by atoms with van der Waals surface area (Å²) in [4.78, 5) is 14.5. The first-order valence-electron chi connectivity index (χ1n) is 7.11. The Kier molecular flexibility index (Phi) is 6.42. The molecule has 0 amide bonds. The van der Waals surface area contributed by atoms with E-state index in [1.165, 1.54) is 17.7 Å². The van der Waals surface area contributed by atoms with Gasteiger partial charge in [0, 0.05) is 19.6 Å². The second-order valence-electron chi connectivity index (χ2n) is 4.79. The fourth-order valence-corrected chi connectivity index (χ4v) is 3.47. The Morgan fingerprint density at radius 1 is 1.30 bits per heavy atom. The lowest BCUT2D eigenvalue weighted by Crippen LogP contribution is -2.32. The summed E-state index contributed by atoms with van der Waals surface area (Å²) >= 11 is 3.05. The lowest BCUT2D eigenvalue weighted by atomic mass is 10.3. The summed E-state index contributed by atoms with van der Waals surface area (Å²) in [5.41, 5.74) is 0.640. The number of anilines is 1. The van der Waals surface area contributed by atoms with Crippen LogP contribution in [-0.4, -0.2) is 58.5 Å². The van der Waals surface area contributed by atoms with Crippen molar-refractivity contribution in [2.45, 2.75) is 23.9 Å². The number of nitrogens with one attached hydrogen (secondary N) is 1. The van der Waals surface area contributed by atoms with E-state index < -0.39 is 12.6 Å². The first-order valence-corrected chi connectivity index (χ1v) is 9.15. The number of hydrogen-bond acceptors (Lipinski definition) is 7. The van der Waals surface area contributed by atoms with Gasteiger partial charge in [-0.05, 0) is 12.8 Å². The van der Waals surface area contributed by atoms with E-state index in [0.29, 0.717) is 31.1 Å². The summed E-state index contributed by atoms with van der Waals surface area (Å²) in [6, 6.07) is 0. The number of alkyl halides is 3. The molecule has 0 fully saturated rings. The highest BCUT2D eigenvalue weighted by molar-refractivity contribution is 8.00. The number of nitrogens with zero attached hydrogens (tertiary/aromatic N) is 4. The van der Waals surface area contributed by atoms with Gasteiger partial charge in [-0.25, -0.2) is 15.0 Å². The number of thiazole rings is 1. The average Bonchev–Trinajstić information content (AvgIpc) is 2.93. The van der Waals surface area contributed by atoms with Gasteiger partial charge in [-0.3, -0.25) is 0 Å². The number of halogens is 3. The molecule has 2 heterocycles. The van der Waals surface area contributed by atoms with Gasteiger partial charge in [0.05, 0.1) is 6.42 Å². The van der Waals surface area contributed by atoms with Crippen molar-refractivity contribution in [1.82, 2.24) is 19.9 Å². The quantitative estimate of drug-likeness (QED) is 0.723. The highest BCUT2D eigenvalue weighted by atomic mass is 32.2. The third kappa shape index (κ3) is 5.47. The topological polar surface area (TPSA) is 53.9 Å². The number of likely N-dealkylation sites (N-methyl/N-ethyl adjacent to an activating group) is 1. The van der Waals surface area contributed by atoms with Gasteiger partial charge in [0.25, 0.3) is 0 Å². The lowest BCUT2D eigenvalue weighted by molar-refractivity contribution is -0.137. The van der Waals surface area contributed by atoms with Gasteiger partial charge in [0.2, 0.25) is 0 Å². The van der Waals surface area contributed by atoms with E-state index in [0.717, 1.165) is 9.04 Å². The Morgan fingerprint density at radius 2 is 2.09 bits per heavy atom. The Bertz CT molecular complexity index is 632. The Balaban J connectivity index is 1.91. The molecule has 0 aliphatic rings. The SMILES string of the molecule is CCN(CCNc1ncnc2nc(SC)sc12)CCC(F)(F)F. The van der Waals surface area contributed by atoms with Crippen LogP contribution in [0, 0.1) is 0 Å². The zero-order chi connectivity index (χ0) is 16.9. The third-order valence-electron chi connectivity index (χ3n) is 3.23. The van der Waals surface area contributed by atoms with Gasteiger partial charge >= 0.3 is 6.18 Å². The molecule has 0 bridgehead atoms. The monoisotopic (exact) mass is 365 g/mol. The maximum Gasteiger partial charge on any atom is 0.390 e. The Hall–Kier alpha value is -1.13. The molecule has 0 saturated heterocycles. The molecule has 0 aliphatic heterocycles. The molecule has 10 heteroatoms.